The zero-order valence-corrected chi connectivity index (χ0v) is 20.4. The molecule has 7 nitrogen and oxygen atoms in total. The van der Waals surface area contributed by atoms with E-state index in [0.29, 0.717) is 5.88 Å². The van der Waals surface area contributed by atoms with E-state index in [1.54, 1.807) is 6.07 Å². The zero-order chi connectivity index (χ0) is 25.1. The molecule has 0 bridgehead atoms. The van der Waals surface area contributed by atoms with Gasteiger partial charge in [-0.3, -0.25) is 4.90 Å². The average molecular weight is 522 g/mol. The summed E-state index contributed by atoms with van der Waals surface area (Å²) in [6.45, 7) is 4.16. The van der Waals surface area contributed by atoms with Gasteiger partial charge in [0.25, 0.3) is 0 Å². The van der Waals surface area contributed by atoms with Gasteiger partial charge >= 0.3 is 6.18 Å². The van der Waals surface area contributed by atoms with Gasteiger partial charge in [0.05, 0.1) is 24.8 Å². The number of nitrogens with zero attached hydrogens (tertiary/aromatic N) is 5. The SMILES string of the molecule is FC(F)(F)c1cc(Cl)ccc1Cc1nccc(OC2CCN(Cc3nccn3C[C@@H]3CCO3)CC2)n1. The number of hydrogen-bond donors (Lipinski definition) is 0. The number of alkyl halides is 3. The summed E-state index contributed by atoms with van der Waals surface area (Å²) in [7, 11) is 0. The quantitative estimate of drug-likeness (QED) is 0.425. The highest BCUT2D eigenvalue weighted by atomic mass is 35.5. The first-order valence-electron chi connectivity index (χ1n) is 12.0. The van der Waals surface area contributed by atoms with Crippen molar-refractivity contribution in [2.45, 2.75) is 57.2 Å². The van der Waals surface area contributed by atoms with Crippen molar-refractivity contribution in [2.24, 2.45) is 0 Å². The van der Waals surface area contributed by atoms with Crippen LogP contribution in [-0.4, -0.2) is 56.3 Å². The van der Waals surface area contributed by atoms with Gasteiger partial charge < -0.3 is 14.0 Å². The summed E-state index contributed by atoms with van der Waals surface area (Å²) in [5.41, 5.74) is -0.710. The van der Waals surface area contributed by atoms with Gasteiger partial charge in [-0.15, -0.1) is 0 Å². The molecule has 5 rings (SSSR count). The first-order chi connectivity index (χ1) is 17.3. The number of rotatable bonds is 8. The van der Waals surface area contributed by atoms with Gasteiger partial charge in [0.2, 0.25) is 5.88 Å². The van der Waals surface area contributed by atoms with E-state index in [4.69, 9.17) is 21.1 Å². The van der Waals surface area contributed by atoms with Crippen molar-refractivity contribution in [3.63, 3.8) is 0 Å². The number of hydrogen-bond acceptors (Lipinski definition) is 6. The summed E-state index contributed by atoms with van der Waals surface area (Å²) in [5.74, 6) is 1.67. The lowest BCUT2D eigenvalue weighted by Crippen LogP contribution is -2.39. The van der Waals surface area contributed by atoms with Crippen molar-refractivity contribution in [1.82, 2.24) is 24.4 Å². The molecule has 0 aliphatic carbocycles. The highest BCUT2D eigenvalue weighted by molar-refractivity contribution is 6.30. The summed E-state index contributed by atoms with van der Waals surface area (Å²) in [4.78, 5) is 15.4. The monoisotopic (exact) mass is 521 g/mol. The van der Waals surface area contributed by atoms with Gasteiger partial charge in [-0.25, -0.2) is 9.97 Å². The van der Waals surface area contributed by atoms with Gasteiger partial charge in [-0.1, -0.05) is 17.7 Å². The predicted molar refractivity (Wildman–Crippen MR) is 127 cm³/mol. The van der Waals surface area contributed by atoms with E-state index < -0.39 is 11.7 Å². The second-order valence-electron chi connectivity index (χ2n) is 9.16. The van der Waals surface area contributed by atoms with Crippen LogP contribution in [0.25, 0.3) is 0 Å². The molecule has 36 heavy (non-hydrogen) atoms. The lowest BCUT2D eigenvalue weighted by Gasteiger charge is -2.32. The molecule has 2 aliphatic rings. The van der Waals surface area contributed by atoms with Gasteiger partial charge in [0, 0.05) is 55.8 Å². The van der Waals surface area contributed by atoms with Crippen molar-refractivity contribution < 1.29 is 22.6 Å². The third-order valence-corrected chi connectivity index (χ3v) is 6.82. The number of ether oxygens (including phenoxy) is 2. The molecule has 2 fully saturated rings. The van der Waals surface area contributed by atoms with Crippen molar-refractivity contribution in [2.75, 3.05) is 19.7 Å². The van der Waals surface area contributed by atoms with Crippen LogP contribution in [0.4, 0.5) is 13.2 Å². The van der Waals surface area contributed by atoms with E-state index >= 15 is 0 Å². The summed E-state index contributed by atoms with van der Waals surface area (Å²) in [6, 6.07) is 5.37. The Hall–Kier alpha value is -2.69. The van der Waals surface area contributed by atoms with Crippen LogP contribution < -0.4 is 4.74 Å². The van der Waals surface area contributed by atoms with E-state index in [0.717, 1.165) is 63.9 Å². The fourth-order valence-electron chi connectivity index (χ4n) is 4.53. The van der Waals surface area contributed by atoms with Crippen LogP contribution >= 0.6 is 11.6 Å². The molecule has 3 aromatic rings. The predicted octanol–water partition coefficient (Wildman–Crippen LogP) is 4.77. The first-order valence-corrected chi connectivity index (χ1v) is 12.4. The van der Waals surface area contributed by atoms with Crippen LogP contribution in [-0.2, 0) is 30.4 Å². The van der Waals surface area contributed by atoms with Crippen LogP contribution in [0.15, 0.2) is 42.9 Å². The largest absolute Gasteiger partial charge is 0.474 e. The third-order valence-electron chi connectivity index (χ3n) is 6.59. The topological polar surface area (TPSA) is 65.3 Å². The van der Waals surface area contributed by atoms with E-state index in [1.807, 2.05) is 12.4 Å². The molecule has 0 saturated carbocycles. The smallest absolute Gasteiger partial charge is 0.416 e. The maximum absolute atomic E-state index is 13.4. The molecule has 0 amide bonds. The molecule has 0 N–H and O–H groups in total. The Labute approximate surface area is 212 Å². The van der Waals surface area contributed by atoms with Crippen LogP contribution in [0, 0.1) is 0 Å². The second-order valence-corrected chi connectivity index (χ2v) is 9.59. The zero-order valence-electron chi connectivity index (χ0n) is 19.6. The Morgan fingerprint density at radius 3 is 2.61 bits per heavy atom. The molecule has 11 heteroatoms. The van der Waals surface area contributed by atoms with E-state index in [1.165, 1.54) is 18.3 Å². The number of piperidine rings is 1. The molecule has 1 atom stereocenters. The molecule has 1 aromatic carbocycles. The van der Waals surface area contributed by atoms with Crippen molar-refractivity contribution in [1.29, 1.82) is 0 Å². The molecule has 0 spiro atoms. The standard InChI is InChI=1S/C25H27ClF3N5O2/c26-18-2-1-17(21(14-18)25(27,28)29)13-22-30-7-3-24(32-22)36-19-4-9-33(10-5-19)16-23-31-8-11-34(23)15-20-6-12-35-20/h1-3,7-8,11,14,19-20H,4-6,9-10,12-13,15-16H2/t20-/m0/s1. The van der Waals surface area contributed by atoms with Crippen LogP contribution in [0.3, 0.4) is 0 Å². The van der Waals surface area contributed by atoms with E-state index in [9.17, 15) is 13.2 Å². The van der Waals surface area contributed by atoms with Crippen LogP contribution in [0.1, 0.15) is 42.0 Å². The molecular weight excluding hydrogens is 495 g/mol. The molecule has 2 saturated heterocycles. The van der Waals surface area contributed by atoms with E-state index in [-0.39, 0.29) is 35.0 Å². The van der Waals surface area contributed by atoms with Gasteiger partial charge in [0.15, 0.2) is 0 Å². The fourth-order valence-corrected chi connectivity index (χ4v) is 4.70. The van der Waals surface area contributed by atoms with Gasteiger partial charge in [0.1, 0.15) is 17.8 Å². The highest BCUT2D eigenvalue weighted by Crippen LogP contribution is 2.34. The van der Waals surface area contributed by atoms with Gasteiger partial charge in [-0.05, 0) is 37.0 Å². The van der Waals surface area contributed by atoms with Crippen molar-refractivity contribution in [3.05, 3.63) is 70.7 Å². The van der Waals surface area contributed by atoms with E-state index in [2.05, 4.69) is 24.4 Å². The Bertz CT molecular complexity index is 1180. The first kappa shape index (κ1) is 25.0. The summed E-state index contributed by atoms with van der Waals surface area (Å²) in [5, 5.41) is 0.0341. The molecule has 2 aliphatic heterocycles. The summed E-state index contributed by atoms with van der Waals surface area (Å²) >= 11 is 5.78. The molecule has 4 heterocycles. The maximum atomic E-state index is 13.4. The lowest BCUT2D eigenvalue weighted by molar-refractivity contribution is -0.138. The van der Waals surface area contributed by atoms with Crippen molar-refractivity contribution in [3.8, 4) is 5.88 Å². The van der Waals surface area contributed by atoms with Crippen LogP contribution in [0.5, 0.6) is 5.88 Å². The second kappa shape index (κ2) is 10.7. The minimum atomic E-state index is -4.51. The number of benzene rings is 1. The Balaban J connectivity index is 1.15. The molecule has 2 aromatic heterocycles. The summed E-state index contributed by atoms with van der Waals surface area (Å²) in [6.07, 6.45) is 3.77. The minimum Gasteiger partial charge on any atom is -0.474 e. The third kappa shape index (κ3) is 6.16. The Morgan fingerprint density at radius 1 is 1.08 bits per heavy atom. The summed E-state index contributed by atoms with van der Waals surface area (Å²) < 4.78 is 54.1. The highest BCUT2D eigenvalue weighted by Gasteiger charge is 2.33. The number of imidazole rings is 1. The fraction of sp³-hybridized carbons (Fsp3) is 0.480. The average Bonchev–Trinajstić information content (AvgIpc) is 3.25. The molecule has 0 unspecified atom stereocenters. The van der Waals surface area contributed by atoms with Gasteiger partial charge in [-0.2, -0.15) is 18.2 Å². The number of aromatic nitrogens is 4. The molecular formula is C25H27ClF3N5O2. The molecule has 192 valence electrons. The number of likely N-dealkylation sites (tertiary alicyclic amines) is 1. The normalized spacial score (nSPS) is 19.3. The molecule has 0 radical (unpaired) electrons. The lowest BCUT2D eigenvalue weighted by atomic mass is 10.0. The van der Waals surface area contributed by atoms with Crippen molar-refractivity contribution >= 4 is 11.6 Å². The van der Waals surface area contributed by atoms with Crippen LogP contribution in [0.2, 0.25) is 5.02 Å². The Morgan fingerprint density at radius 2 is 1.89 bits per heavy atom. The minimum absolute atomic E-state index is 0.0200. The Kier molecular flexibility index (Phi) is 7.45. The maximum Gasteiger partial charge on any atom is 0.416 e. The number of halogens is 4.